The Bertz CT molecular complexity index is 649. The molecule has 4 N–H and O–H groups in total. The summed E-state index contributed by atoms with van der Waals surface area (Å²) in [6.07, 6.45) is 3.65. The van der Waals surface area contributed by atoms with Crippen molar-refractivity contribution in [1.82, 2.24) is 15.2 Å². The van der Waals surface area contributed by atoms with Crippen LogP contribution in [0.1, 0.15) is 29.8 Å². The van der Waals surface area contributed by atoms with Crippen molar-refractivity contribution in [2.24, 2.45) is 0 Å². The molecule has 1 aromatic carbocycles. The Hall–Kier alpha value is -2.01. The SMILES string of the molecule is CN1CCCCC1CNC(=O)c1cc2cc(N)ccc2[nH]1. The highest BCUT2D eigenvalue weighted by Gasteiger charge is 2.20. The van der Waals surface area contributed by atoms with Crippen molar-refractivity contribution >= 4 is 22.5 Å². The largest absolute Gasteiger partial charge is 0.399 e. The number of hydrogen-bond acceptors (Lipinski definition) is 3. The Labute approximate surface area is 124 Å². The monoisotopic (exact) mass is 286 g/mol. The average molecular weight is 286 g/mol. The fourth-order valence-electron chi connectivity index (χ4n) is 2.98. The van der Waals surface area contributed by atoms with E-state index in [4.69, 9.17) is 5.73 Å². The van der Waals surface area contributed by atoms with Crippen molar-refractivity contribution < 1.29 is 4.79 Å². The summed E-state index contributed by atoms with van der Waals surface area (Å²) in [6.45, 7) is 1.82. The molecule has 2 heterocycles. The molecule has 0 bridgehead atoms. The number of amides is 1. The van der Waals surface area contributed by atoms with E-state index in [0.29, 0.717) is 24.0 Å². The quantitative estimate of drug-likeness (QED) is 0.755. The Morgan fingerprint density at radius 1 is 1.43 bits per heavy atom. The van der Waals surface area contributed by atoms with Crippen molar-refractivity contribution in [2.45, 2.75) is 25.3 Å². The second kappa shape index (κ2) is 5.77. The Morgan fingerprint density at radius 3 is 3.10 bits per heavy atom. The molecule has 1 amide bonds. The number of nitrogens with two attached hydrogens (primary N) is 1. The van der Waals surface area contributed by atoms with Gasteiger partial charge in [0.2, 0.25) is 0 Å². The van der Waals surface area contributed by atoms with E-state index in [0.717, 1.165) is 23.9 Å². The molecule has 5 heteroatoms. The van der Waals surface area contributed by atoms with E-state index in [1.54, 1.807) is 0 Å². The van der Waals surface area contributed by atoms with E-state index in [-0.39, 0.29) is 5.91 Å². The maximum absolute atomic E-state index is 12.3. The highest BCUT2D eigenvalue weighted by atomic mass is 16.1. The van der Waals surface area contributed by atoms with Crippen LogP contribution in [0, 0.1) is 0 Å². The van der Waals surface area contributed by atoms with Crippen molar-refractivity contribution in [1.29, 1.82) is 0 Å². The zero-order valence-electron chi connectivity index (χ0n) is 12.4. The number of hydrogen-bond donors (Lipinski definition) is 3. The molecular formula is C16H22N4O. The zero-order valence-corrected chi connectivity index (χ0v) is 12.4. The smallest absolute Gasteiger partial charge is 0.267 e. The van der Waals surface area contributed by atoms with Crippen molar-refractivity contribution in [3.63, 3.8) is 0 Å². The van der Waals surface area contributed by atoms with Gasteiger partial charge >= 0.3 is 0 Å². The van der Waals surface area contributed by atoms with Crippen LogP contribution in [0.15, 0.2) is 24.3 Å². The first kappa shape index (κ1) is 13.9. The molecule has 1 aliphatic rings. The van der Waals surface area contributed by atoms with Crippen LogP contribution in [-0.4, -0.2) is 42.0 Å². The number of benzene rings is 1. The van der Waals surface area contributed by atoms with Gasteiger partial charge in [-0.2, -0.15) is 0 Å². The van der Waals surface area contributed by atoms with Crippen molar-refractivity contribution in [3.05, 3.63) is 30.0 Å². The number of carbonyl (C=O) groups excluding carboxylic acids is 1. The second-order valence-corrected chi connectivity index (χ2v) is 5.87. The number of nitrogen functional groups attached to an aromatic ring is 1. The van der Waals surface area contributed by atoms with E-state index in [1.807, 2.05) is 24.3 Å². The van der Waals surface area contributed by atoms with Gasteiger partial charge in [0.1, 0.15) is 5.69 Å². The molecule has 1 aliphatic heterocycles. The van der Waals surface area contributed by atoms with Crippen molar-refractivity contribution in [2.75, 3.05) is 25.9 Å². The maximum atomic E-state index is 12.3. The van der Waals surface area contributed by atoms with Crippen LogP contribution in [0.2, 0.25) is 0 Å². The Morgan fingerprint density at radius 2 is 2.29 bits per heavy atom. The predicted octanol–water partition coefficient (Wildman–Crippen LogP) is 1.96. The summed E-state index contributed by atoms with van der Waals surface area (Å²) in [5, 5.41) is 4.00. The van der Waals surface area contributed by atoms with Gasteiger partial charge in [0.25, 0.3) is 5.91 Å². The summed E-state index contributed by atoms with van der Waals surface area (Å²) in [5.41, 5.74) is 7.99. The number of carbonyl (C=O) groups is 1. The minimum Gasteiger partial charge on any atom is -0.399 e. The predicted molar refractivity (Wildman–Crippen MR) is 85.3 cm³/mol. The first-order valence-electron chi connectivity index (χ1n) is 7.50. The molecule has 1 aromatic heterocycles. The van der Waals surface area contributed by atoms with E-state index in [2.05, 4.69) is 22.2 Å². The normalized spacial score (nSPS) is 19.8. The number of anilines is 1. The molecule has 112 valence electrons. The lowest BCUT2D eigenvalue weighted by Gasteiger charge is -2.32. The fourth-order valence-corrected chi connectivity index (χ4v) is 2.98. The summed E-state index contributed by atoms with van der Waals surface area (Å²) in [5.74, 6) is -0.0521. The number of likely N-dealkylation sites (tertiary alicyclic amines) is 1. The maximum Gasteiger partial charge on any atom is 0.267 e. The standard InChI is InChI=1S/C16H22N4O/c1-20-7-3-2-4-13(20)10-18-16(21)15-9-11-8-12(17)5-6-14(11)19-15/h5-6,8-9,13,19H,2-4,7,10,17H2,1H3,(H,18,21). The van der Waals surface area contributed by atoms with Crippen LogP contribution in [0.3, 0.4) is 0 Å². The van der Waals surface area contributed by atoms with E-state index < -0.39 is 0 Å². The van der Waals surface area contributed by atoms with Gasteiger partial charge in [-0.25, -0.2) is 0 Å². The number of nitrogens with zero attached hydrogens (tertiary/aromatic N) is 1. The topological polar surface area (TPSA) is 74.2 Å². The lowest BCUT2D eigenvalue weighted by molar-refractivity contribution is 0.0924. The van der Waals surface area contributed by atoms with Gasteiger partial charge < -0.3 is 20.9 Å². The number of piperidine rings is 1. The zero-order chi connectivity index (χ0) is 14.8. The lowest BCUT2D eigenvalue weighted by atomic mass is 10.0. The van der Waals surface area contributed by atoms with E-state index in [1.165, 1.54) is 12.8 Å². The first-order valence-corrected chi connectivity index (χ1v) is 7.50. The molecule has 1 saturated heterocycles. The molecule has 3 rings (SSSR count). The van der Waals surface area contributed by atoms with Crippen LogP contribution < -0.4 is 11.1 Å². The molecule has 1 fully saturated rings. The van der Waals surface area contributed by atoms with Gasteiger partial charge in [-0.1, -0.05) is 6.42 Å². The number of likely N-dealkylation sites (N-methyl/N-ethyl adjacent to an activating group) is 1. The third-order valence-corrected chi connectivity index (χ3v) is 4.31. The molecule has 1 unspecified atom stereocenters. The molecule has 0 spiro atoms. The van der Waals surface area contributed by atoms with Gasteiger partial charge in [0, 0.05) is 29.2 Å². The molecule has 5 nitrogen and oxygen atoms in total. The highest BCUT2D eigenvalue weighted by molar-refractivity contribution is 5.98. The number of aromatic nitrogens is 1. The molecule has 0 aliphatic carbocycles. The van der Waals surface area contributed by atoms with Crippen LogP contribution in [-0.2, 0) is 0 Å². The summed E-state index contributed by atoms with van der Waals surface area (Å²) < 4.78 is 0. The number of H-pyrrole nitrogens is 1. The summed E-state index contributed by atoms with van der Waals surface area (Å²) in [6, 6.07) is 7.90. The third kappa shape index (κ3) is 3.03. The summed E-state index contributed by atoms with van der Waals surface area (Å²) in [4.78, 5) is 17.7. The van der Waals surface area contributed by atoms with E-state index >= 15 is 0 Å². The van der Waals surface area contributed by atoms with Crippen LogP contribution in [0.4, 0.5) is 5.69 Å². The van der Waals surface area contributed by atoms with Gasteiger partial charge in [0.05, 0.1) is 0 Å². The third-order valence-electron chi connectivity index (χ3n) is 4.31. The molecule has 1 atom stereocenters. The number of fused-ring (bicyclic) bond motifs is 1. The van der Waals surface area contributed by atoms with Gasteiger partial charge in [-0.05, 0) is 50.7 Å². The lowest BCUT2D eigenvalue weighted by Crippen LogP contribution is -2.44. The summed E-state index contributed by atoms with van der Waals surface area (Å²) in [7, 11) is 2.13. The molecular weight excluding hydrogens is 264 g/mol. The minimum atomic E-state index is -0.0521. The Kier molecular flexibility index (Phi) is 3.84. The minimum absolute atomic E-state index is 0.0521. The number of aromatic amines is 1. The molecule has 0 radical (unpaired) electrons. The molecule has 2 aromatic rings. The number of nitrogens with one attached hydrogen (secondary N) is 2. The Balaban J connectivity index is 1.66. The van der Waals surface area contributed by atoms with Crippen LogP contribution in [0.5, 0.6) is 0 Å². The van der Waals surface area contributed by atoms with E-state index in [9.17, 15) is 4.79 Å². The number of rotatable bonds is 3. The van der Waals surface area contributed by atoms with Gasteiger partial charge in [-0.15, -0.1) is 0 Å². The highest BCUT2D eigenvalue weighted by Crippen LogP contribution is 2.18. The first-order chi connectivity index (χ1) is 10.1. The average Bonchev–Trinajstić information content (AvgIpc) is 2.89. The molecule has 21 heavy (non-hydrogen) atoms. The van der Waals surface area contributed by atoms with Crippen molar-refractivity contribution in [3.8, 4) is 0 Å². The fraction of sp³-hybridized carbons (Fsp3) is 0.438. The van der Waals surface area contributed by atoms with Crippen LogP contribution in [0.25, 0.3) is 10.9 Å². The summed E-state index contributed by atoms with van der Waals surface area (Å²) >= 11 is 0. The van der Waals surface area contributed by atoms with Gasteiger partial charge in [0.15, 0.2) is 0 Å². The van der Waals surface area contributed by atoms with Crippen LogP contribution >= 0.6 is 0 Å². The molecule has 0 saturated carbocycles. The second-order valence-electron chi connectivity index (χ2n) is 5.87. The van der Waals surface area contributed by atoms with Gasteiger partial charge in [-0.3, -0.25) is 4.79 Å².